The number of fused-ring (bicyclic) bond motifs is 6. The number of aromatic nitrogens is 1. The molecule has 1 aromatic heterocycles. The largest absolute Gasteiger partial charge is 0.309 e. The van der Waals surface area contributed by atoms with Gasteiger partial charge in [0.1, 0.15) is 0 Å². The number of hydrogen-bond acceptors (Lipinski definition) is 1. The average Bonchev–Trinajstić information content (AvgIpc) is 3.71. The van der Waals surface area contributed by atoms with E-state index in [1.54, 1.807) is 0 Å². The minimum absolute atomic E-state index is 0.330. The zero-order chi connectivity index (χ0) is 41.0. The predicted molar refractivity (Wildman–Crippen MR) is 256 cm³/mol. The smallest absolute Gasteiger partial charge is 0.0547 e. The Balaban J connectivity index is 1.25. The standard InChI is InChI=1S/C57H48N2/c1-9-21-41(10-2)58(52-29-20-23-38(6)55(52)45-26-17-16-22-37(45)5)54-36-50-56(44(12-4)43(54)11-3)48-33-31-39(34-49(48)57(50,7)8)40-30-32-47-46-27-18-19-28-51(46)59(53(47)35-40)42-24-14-13-15-25-42/h9-36H,1-4H2,5-8H3/b41-21+. The summed E-state index contributed by atoms with van der Waals surface area (Å²) in [6, 6.07) is 50.8. The van der Waals surface area contributed by atoms with E-state index in [0.29, 0.717) is 0 Å². The highest BCUT2D eigenvalue weighted by Gasteiger charge is 2.39. The highest BCUT2D eigenvalue weighted by atomic mass is 15.2. The third-order valence-electron chi connectivity index (χ3n) is 12.4. The summed E-state index contributed by atoms with van der Waals surface area (Å²) in [7, 11) is 0. The van der Waals surface area contributed by atoms with Crippen LogP contribution in [0.4, 0.5) is 11.4 Å². The van der Waals surface area contributed by atoms with Gasteiger partial charge in [0, 0.05) is 38.7 Å². The maximum atomic E-state index is 4.43. The molecule has 286 valence electrons. The summed E-state index contributed by atoms with van der Waals surface area (Å²) < 4.78 is 2.39. The van der Waals surface area contributed by atoms with Crippen LogP contribution < -0.4 is 4.90 Å². The lowest BCUT2D eigenvalue weighted by Gasteiger charge is -2.33. The van der Waals surface area contributed by atoms with Gasteiger partial charge in [-0.25, -0.2) is 0 Å². The molecule has 2 heteroatoms. The Bertz CT molecular complexity index is 3060. The minimum atomic E-state index is -0.330. The van der Waals surface area contributed by atoms with Crippen LogP contribution in [-0.2, 0) is 5.41 Å². The molecule has 0 unspecified atom stereocenters. The van der Waals surface area contributed by atoms with Crippen molar-refractivity contribution in [2.24, 2.45) is 0 Å². The summed E-state index contributed by atoms with van der Waals surface area (Å²) in [5, 5.41) is 2.50. The first kappa shape index (κ1) is 37.4. The summed E-state index contributed by atoms with van der Waals surface area (Å²) in [4.78, 5) is 2.33. The number of anilines is 2. The first-order chi connectivity index (χ1) is 28.7. The topological polar surface area (TPSA) is 8.17 Å². The van der Waals surface area contributed by atoms with E-state index in [-0.39, 0.29) is 5.41 Å². The van der Waals surface area contributed by atoms with E-state index >= 15 is 0 Å². The lowest BCUT2D eigenvalue weighted by Crippen LogP contribution is -2.21. The lowest BCUT2D eigenvalue weighted by atomic mass is 9.80. The van der Waals surface area contributed by atoms with Crippen LogP contribution in [-0.4, -0.2) is 4.57 Å². The van der Waals surface area contributed by atoms with Gasteiger partial charge in [-0.1, -0.05) is 155 Å². The molecule has 0 atom stereocenters. The van der Waals surface area contributed by atoms with Gasteiger partial charge >= 0.3 is 0 Å². The fourth-order valence-electron chi connectivity index (χ4n) is 9.51. The molecule has 59 heavy (non-hydrogen) atoms. The summed E-state index contributed by atoms with van der Waals surface area (Å²) in [5.74, 6) is 0. The number of allylic oxidation sites excluding steroid dienone is 3. The molecule has 0 bridgehead atoms. The van der Waals surface area contributed by atoms with Gasteiger partial charge in [-0.3, -0.25) is 0 Å². The highest BCUT2D eigenvalue weighted by molar-refractivity contribution is 6.10. The van der Waals surface area contributed by atoms with Crippen LogP contribution in [0.15, 0.2) is 190 Å². The predicted octanol–water partition coefficient (Wildman–Crippen LogP) is 15.7. The monoisotopic (exact) mass is 760 g/mol. The average molecular weight is 761 g/mol. The molecule has 0 N–H and O–H groups in total. The van der Waals surface area contributed by atoms with E-state index in [4.69, 9.17) is 0 Å². The SMILES string of the molecule is C=C/C=C(\C=C)N(c1cc2c(c(C=C)c1C=C)-c1ccc(-c3ccc4c5ccccc5n(-c5ccccc5)c4c3)cc1C2(C)C)c1cccc(C)c1-c1ccccc1C. The number of para-hydroxylation sites is 2. The van der Waals surface area contributed by atoms with Crippen LogP contribution in [0.3, 0.4) is 0 Å². The molecule has 0 fully saturated rings. The molecule has 1 aliphatic rings. The fraction of sp³-hybridized carbons (Fsp3) is 0.0877. The summed E-state index contributed by atoms with van der Waals surface area (Å²) in [6.45, 7) is 26.3. The van der Waals surface area contributed by atoms with Crippen LogP contribution in [0.25, 0.3) is 73.0 Å². The van der Waals surface area contributed by atoms with Crippen molar-refractivity contribution in [2.45, 2.75) is 33.1 Å². The number of benzene rings is 7. The van der Waals surface area contributed by atoms with Gasteiger partial charge in [0.25, 0.3) is 0 Å². The Morgan fingerprint density at radius 2 is 1.24 bits per heavy atom. The van der Waals surface area contributed by atoms with Crippen molar-refractivity contribution in [3.05, 3.63) is 223 Å². The van der Waals surface area contributed by atoms with Crippen LogP contribution in [0.5, 0.6) is 0 Å². The molecule has 8 aromatic rings. The zero-order valence-electron chi connectivity index (χ0n) is 34.4. The second kappa shape index (κ2) is 14.7. The normalized spacial score (nSPS) is 12.9. The summed E-state index contributed by atoms with van der Waals surface area (Å²) in [6.07, 6.45) is 9.78. The first-order valence-corrected chi connectivity index (χ1v) is 20.3. The molecule has 1 heterocycles. The van der Waals surface area contributed by atoms with Crippen LogP contribution >= 0.6 is 0 Å². The Morgan fingerprint density at radius 1 is 0.559 bits per heavy atom. The third kappa shape index (κ3) is 5.86. The molecular formula is C57H48N2. The third-order valence-corrected chi connectivity index (χ3v) is 12.4. The molecule has 0 spiro atoms. The number of nitrogens with zero attached hydrogens (tertiary/aromatic N) is 2. The molecule has 0 saturated heterocycles. The maximum Gasteiger partial charge on any atom is 0.0547 e. The van der Waals surface area contributed by atoms with E-state index in [1.807, 2.05) is 30.4 Å². The van der Waals surface area contributed by atoms with Crippen molar-refractivity contribution in [3.8, 4) is 39.1 Å². The highest BCUT2D eigenvalue weighted by Crippen LogP contribution is 2.55. The van der Waals surface area contributed by atoms with Crippen molar-refractivity contribution in [2.75, 3.05) is 4.90 Å². The Hall–Kier alpha value is -7.16. The van der Waals surface area contributed by atoms with E-state index in [9.17, 15) is 0 Å². The second-order valence-corrected chi connectivity index (χ2v) is 16.0. The van der Waals surface area contributed by atoms with Gasteiger partial charge in [0.15, 0.2) is 0 Å². The Kier molecular flexibility index (Phi) is 9.29. The fourth-order valence-corrected chi connectivity index (χ4v) is 9.51. The van der Waals surface area contributed by atoms with Crippen molar-refractivity contribution < 1.29 is 0 Å². The van der Waals surface area contributed by atoms with Gasteiger partial charge in [-0.2, -0.15) is 0 Å². The minimum Gasteiger partial charge on any atom is -0.309 e. The molecule has 0 saturated carbocycles. The van der Waals surface area contributed by atoms with E-state index in [2.05, 4.69) is 203 Å². The van der Waals surface area contributed by atoms with Crippen molar-refractivity contribution >= 4 is 45.3 Å². The molecule has 0 amide bonds. The van der Waals surface area contributed by atoms with Gasteiger partial charge in [-0.05, 0) is 124 Å². The Labute approximate surface area is 348 Å². The van der Waals surface area contributed by atoms with Crippen molar-refractivity contribution in [3.63, 3.8) is 0 Å². The second-order valence-electron chi connectivity index (χ2n) is 16.0. The molecular weight excluding hydrogens is 713 g/mol. The quantitative estimate of drug-likeness (QED) is 0.126. The molecule has 2 nitrogen and oxygen atoms in total. The summed E-state index contributed by atoms with van der Waals surface area (Å²) in [5.41, 5.74) is 20.4. The number of hydrogen-bond donors (Lipinski definition) is 0. The van der Waals surface area contributed by atoms with Crippen molar-refractivity contribution in [1.82, 2.24) is 4.57 Å². The zero-order valence-corrected chi connectivity index (χ0v) is 34.4. The number of rotatable bonds is 10. The van der Waals surface area contributed by atoms with Gasteiger partial charge in [-0.15, -0.1) is 0 Å². The molecule has 0 radical (unpaired) electrons. The summed E-state index contributed by atoms with van der Waals surface area (Å²) >= 11 is 0. The number of aryl methyl sites for hydroxylation is 2. The van der Waals surface area contributed by atoms with E-state index in [0.717, 1.165) is 33.9 Å². The van der Waals surface area contributed by atoms with Crippen LogP contribution in [0.1, 0.15) is 47.2 Å². The van der Waals surface area contributed by atoms with Crippen LogP contribution in [0.2, 0.25) is 0 Å². The van der Waals surface area contributed by atoms with Gasteiger partial charge in [0.05, 0.1) is 22.4 Å². The molecule has 9 rings (SSSR count). The molecule has 0 aliphatic heterocycles. The van der Waals surface area contributed by atoms with Gasteiger partial charge < -0.3 is 9.47 Å². The lowest BCUT2D eigenvalue weighted by molar-refractivity contribution is 0.660. The van der Waals surface area contributed by atoms with E-state index in [1.165, 1.54) is 77.4 Å². The first-order valence-electron chi connectivity index (χ1n) is 20.3. The Morgan fingerprint density at radius 3 is 1.98 bits per heavy atom. The van der Waals surface area contributed by atoms with E-state index < -0.39 is 0 Å². The van der Waals surface area contributed by atoms with Crippen LogP contribution in [0, 0.1) is 13.8 Å². The van der Waals surface area contributed by atoms with Gasteiger partial charge in [0.2, 0.25) is 0 Å². The molecule has 7 aromatic carbocycles. The maximum absolute atomic E-state index is 4.43. The van der Waals surface area contributed by atoms with Crippen molar-refractivity contribution in [1.29, 1.82) is 0 Å². The molecule has 1 aliphatic carbocycles.